The van der Waals surface area contributed by atoms with Crippen molar-refractivity contribution in [1.29, 1.82) is 0 Å². The number of rotatable bonds is 6. The molecule has 0 aliphatic carbocycles. The first kappa shape index (κ1) is 17.7. The van der Waals surface area contributed by atoms with Crippen LogP contribution >= 0.6 is 0 Å². The van der Waals surface area contributed by atoms with Gasteiger partial charge in [0.25, 0.3) is 0 Å². The monoisotopic (exact) mass is 331 g/mol. The van der Waals surface area contributed by atoms with Crippen LogP contribution in [0.5, 0.6) is 0 Å². The number of hydrogen-bond donors (Lipinski definition) is 1. The van der Waals surface area contributed by atoms with E-state index in [1.54, 1.807) is 13.8 Å². The van der Waals surface area contributed by atoms with Crippen LogP contribution < -0.4 is 0 Å². The molecule has 0 fully saturated rings. The predicted octanol–water partition coefficient (Wildman–Crippen LogP) is 2.20. The van der Waals surface area contributed by atoms with E-state index >= 15 is 0 Å². The summed E-state index contributed by atoms with van der Waals surface area (Å²) in [5.74, 6) is -4.16. The summed E-state index contributed by atoms with van der Waals surface area (Å²) in [4.78, 5) is 37.9. The van der Waals surface area contributed by atoms with Crippen LogP contribution in [-0.4, -0.2) is 34.5 Å². The number of carbonyl (C=O) groups excluding carboxylic acids is 2. The molecule has 1 N–H and O–H groups in total. The molecule has 2 rings (SSSR count). The third kappa shape index (κ3) is 3.32. The largest absolute Gasteiger partial charge is 0.481 e. The predicted molar refractivity (Wildman–Crippen MR) is 86.6 cm³/mol. The summed E-state index contributed by atoms with van der Waals surface area (Å²) >= 11 is 0. The second kappa shape index (κ2) is 7.29. The van der Waals surface area contributed by atoms with E-state index < -0.39 is 23.8 Å². The number of benzene rings is 1. The number of allylic oxidation sites excluding steroid dienone is 1. The molecule has 0 spiro atoms. The summed E-state index contributed by atoms with van der Waals surface area (Å²) in [7, 11) is 0. The molecule has 6 nitrogen and oxygen atoms in total. The second-order valence-electron chi connectivity index (χ2n) is 5.73. The van der Waals surface area contributed by atoms with Crippen LogP contribution in [0.2, 0.25) is 0 Å². The average molecular weight is 331 g/mol. The Morgan fingerprint density at radius 1 is 1.29 bits per heavy atom. The molecule has 0 bridgehead atoms. The van der Waals surface area contributed by atoms with E-state index in [4.69, 9.17) is 4.74 Å². The Labute approximate surface area is 140 Å². The number of ether oxygens (including phenoxy) is 1. The maximum Gasteiger partial charge on any atom is 0.336 e. The number of carbonyl (C=O) groups is 3. The van der Waals surface area contributed by atoms with Crippen molar-refractivity contribution >= 4 is 17.8 Å². The zero-order valence-corrected chi connectivity index (χ0v) is 14.0. The lowest BCUT2D eigenvalue weighted by Gasteiger charge is -2.20. The third-order valence-electron chi connectivity index (χ3n) is 4.21. The van der Waals surface area contributed by atoms with Crippen molar-refractivity contribution in [3.8, 4) is 0 Å². The molecule has 128 valence electrons. The maximum absolute atomic E-state index is 12.8. The fourth-order valence-electron chi connectivity index (χ4n) is 2.88. The molecular weight excluding hydrogens is 310 g/mol. The van der Waals surface area contributed by atoms with Crippen LogP contribution in [0.4, 0.5) is 0 Å². The van der Waals surface area contributed by atoms with Crippen LogP contribution in [0.15, 0.2) is 41.6 Å². The minimum Gasteiger partial charge on any atom is -0.481 e. The molecule has 6 heteroatoms. The van der Waals surface area contributed by atoms with Gasteiger partial charge in [-0.3, -0.25) is 9.59 Å². The summed E-state index contributed by atoms with van der Waals surface area (Å²) in [5.41, 5.74) is 1.50. The number of carboxylic acid groups (broad SMARTS) is 1. The van der Waals surface area contributed by atoms with Crippen molar-refractivity contribution in [1.82, 2.24) is 4.90 Å². The lowest BCUT2D eigenvalue weighted by atomic mass is 9.87. The molecular formula is C18H21NO5. The van der Waals surface area contributed by atoms with E-state index in [-0.39, 0.29) is 24.6 Å². The minimum absolute atomic E-state index is 0.146. The van der Waals surface area contributed by atoms with Crippen molar-refractivity contribution in [3.05, 3.63) is 47.2 Å². The number of esters is 1. The van der Waals surface area contributed by atoms with E-state index in [9.17, 15) is 19.5 Å². The van der Waals surface area contributed by atoms with Gasteiger partial charge < -0.3 is 14.7 Å². The standard InChI is InChI=1S/C18H21NO5/c1-4-24-18(23)15-12(3)19(10-13-8-6-5-7-9-13)16(20)14(15)11(2)17(21)22/h5-9,11,14H,4,10H2,1-3H3,(H,21,22). The molecule has 0 radical (unpaired) electrons. The molecule has 0 aromatic heterocycles. The summed E-state index contributed by atoms with van der Waals surface area (Å²) in [6.45, 7) is 5.21. The Hall–Kier alpha value is -2.63. The van der Waals surface area contributed by atoms with E-state index in [2.05, 4.69) is 0 Å². The molecule has 1 aromatic carbocycles. The molecule has 0 saturated carbocycles. The van der Waals surface area contributed by atoms with Crippen molar-refractivity contribution in [3.63, 3.8) is 0 Å². The van der Waals surface area contributed by atoms with E-state index in [1.807, 2.05) is 30.3 Å². The number of hydrogen-bond acceptors (Lipinski definition) is 4. The first-order valence-electron chi connectivity index (χ1n) is 7.84. The summed E-state index contributed by atoms with van der Waals surface area (Å²) in [6, 6.07) is 9.34. The lowest BCUT2D eigenvalue weighted by molar-refractivity contribution is -0.148. The molecule has 1 aliphatic rings. The van der Waals surface area contributed by atoms with Crippen molar-refractivity contribution < 1.29 is 24.2 Å². The Bertz CT molecular complexity index is 680. The van der Waals surface area contributed by atoms with Gasteiger partial charge in [-0.2, -0.15) is 0 Å². The second-order valence-corrected chi connectivity index (χ2v) is 5.73. The van der Waals surface area contributed by atoms with Crippen LogP contribution in [0.3, 0.4) is 0 Å². The van der Waals surface area contributed by atoms with E-state index in [0.29, 0.717) is 5.70 Å². The highest BCUT2D eigenvalue weighted by Crippen LogP contribution is 2.36. The number of carboxylic acids is 1. The van der Waals surface area contributed by atoms with Crippen LogP contribution in [-0.2, 0) is 25.7 Å². The fourth-order valence-corrected chi connectivity index (χ4v) is 2.88. The highest BCUT2D eigenvalue weighted by molar-refractivity contribution is 6.03. The normalized spacial score (nSPS) is 18.7. The van der Waals surface area contributed by atoms with Crippen LogP contribution in [0, 0.1) is 11.8 Å². The van der Waals surface area contributed by atoms with Gasteiger partial charge in [-0.25, -0.2) is 4.79 Å². The van der Waals surface area contributed by atoms with Crippen LogP contribution in [0.25, 0.3) is 0 Å². The van der Waals surface area contributed by atoms with Crippen molar-refractivity contribution in [2.24, 2.45) is 11.8 Å². The van der Waals surface area contributed by atoms with Gasteiger partial charge in [0.2, 0.25) is 5.91 Å². The topological polar surface area (TPSA) is 83.9 Å². The SMILES string of the molecule is CCOC(=O)C1=C(C)N(Cc2ccccc2)C(=O)C1C(C)C(=O)O. The molecule has 1 heterocycles. The molecule has 0 saturated heterocycles. The Morgan fingerprint density at radius 2 is 1.92 bits per heavy atom. The summed E-state index contributed by atoms with van der Waals surface area (Å²) in [5, 5.41) is 9.31. The van der Waals surface area contributed by atoms with Crippen molar-refractivity contribution in [2.45, 2.75) is 27.3 Å². The summed E-state index contributed by atoms with van der Waals surface area (Å²) < 4.78 is 5.03. The number of amides is 1. The maximum atomic E-state index is 12.8. The molecule has 2 unspecified atom stereocenters. The minimum atomic E-state index is -1.12. The van der Waals surface area contributed by atoms with E-state index in [0.717, 1.165) is 5.56 Å². The van der Waals surface area contributed by atoms with Gasteiger partial charge in [0.15, 0.2) is 0 Å². The molecule has 24 heavy (non-hydrogen) atoms. The zero-order chi connectivity index (χ0) is 17.9. The molecule has 1 aromatic rings. The van der Waals surface area contributed by atoms with Gasteiger partial charge in [0, 0.05) is 5.70 Å². The molecule has 2 atom stereocenters. The average Bonchev–Trinajstić information content (AvgIpc) is 2.80. The molecule has 1 amide bonds. The van der Waals surface area contributed by atoms with Gasteiger partial charge in [0.1, 0.15) is 0 Å². The third-order valence-corrected chi connectivity index (χ3v) is 4.21. The number of nitrogens with zero attached hydrogens (tertiary/aromatic N) is 1. The van der Waals surface area contributed by atoms with Crippen LogP contribution in [0.1, 0.15) is 26.3 Å². The Kier molecular flexibility index (Phi) is 5.39. The first-order valence-corrected chi connectivity index (χ1v) is 7.84. The van der Waals surface area contributed by atoms with Gasteiger partial charge in [-0.05, 0) is 19.4 Å². The van der Waals surface area contributed by atoms with Crippen molar-refractivity contribution in [2.75, 3.05) is 6.61 Å². The lowest BCUT2D eigenvalue weighted by Crippen LogP contribution is -2.34. The van der Waals surface area contributed by atoms with E-state index in [1.165, 1.54) is 11.8 Å². The number of aliphatic carboxylic acids is 1. The highest BCUT2D eigenvalue weighted by Gasteiger charge is 2.46. The Balaban J connectivity index is 2.40. The fraction of sp³-hybridized carbons (Fsp3) is 0.389. The molecule has 1 aliphatic heterocycles. The summed E-state index contributed by atoms with van der Waals surface area (Å²) in [6.07, 6.45) is 0. The smallest absolute Gasteiger partial charge is 0.336 e. The van der Waals surface area contributed by atoms with Gasteiger partial charge in [0.05, 0.1) is 30.6 Å². The first-order chi connectivity index (χ1) is 11.4. The van der Waals surface area contributed by atoms with Gasteiger partial charge in [-0.15, -0.1) is 0 Å². The Morgan fingerprint density at radius 3 is 2.46 bits per heavy atom. The zero-order valence-electron chi connectivity index (χ0n) is 14.0. The van der Waals surface area contributed by atoms with Gasteiger partial charge >= 0.3 is 11.9 Å². The quantitative estimate of drug-likeness (QED) is 0.808. The van der Waals surface area contributed by atoms with Gasteiger partial charge in [-0.1, -0.05) is 37.3 Å². The highest BCUT2D eigenvalue weighted by atomic mass is 16.5.